The lowest BCUT2D eigenvalue weighted by molar-refractivity contribution is -0.130. The van der Waals surface area contributed by atoms with Crippen molar-refractivity contribution in [2.75, 3.05) is 51.9 Å². The average molecular weight is 357 g/mol. The summed E-state index contributed by atoms with van der Waals surface area (Å²) in [6.45, 7) is 0.772. The highest BCUT2D eigenvalue weighted by molar-refractivity contribution is 7.88. The summed E-state index contributed by atoms with van der Waals surface area (Å²) in [5.74, 6) is 0.865. The third kappa shape index (κ3) is 4.78. The van der Waals surface area contributed by atoms with Gasteiger partial charge >= 0.3 is 0 Å². The summed E-state index contributed by atoms with van der Waals surface area (Å²) in [4.78, 5) is 24.0. The molecule has 0 aromatic carbocycles. The van der Waals surface area contributed by atoms with E-state index in [0.717, 1.165) is 10.6 Å². The van der Waals surface area contributed by atoms with Crippen LogP contribution in [0.3, 0.4) is 0 Å². The average Bonchev–Trinajstić information content (AvgIpc) is 2.95. The first-order chi connectivity index (χ1) is 11.2. The number of rotatable bonds is 6. The molecule has 1 amide bonds. The maximum absolute atomic E-state index is 12.2. The van der Waals surface area contributed by atoms with Gasteiger partial charge in [0, 0.05) is 34.1 Å². The zero-order chi connectivity index (χ0) is 17.9. The second-order valence-corrected chi connectivity index (χ2v) is 8.09. The summed E-state index contributed by atoms with van der Waals surface area (Å²) in [7, 11) is 1.74. The van der Waals surface area contributed by atoms with E-state index < -0.39 is 10.0 Å². The fourth-order valence-electron chi connectivity index (χ4n) is 2.24. The van der Waals surface area contributed by atoms with E-state index in [9.17, 15) is 13.2 Å². The molecule has 24 heavy (non-hydrogen) atoms. The second kappa shape index (κ2) is 7.31. The predicted molar refractivity (Wildman–Crippen MR) is 89.4 cm³/mol. The molecule has 1 saturated heterocycles. The highest BCUT2D eigenvalue weighted by atomic mass is 32.2. The van der Waals surface area contributed by atoms with Gasteiger partial charge in [-0.15, -0.1) is 0 Å². The van der Waals surface area contributed by atoms with Crippen LogP contribution in [0.5, 0.6) is 5.88 Å². The van der Waals surface area contributed by atoms with Crippen molar-refractivity contribution < 1.29 is 17.9 Å². The van der Waals surface area contributed by atoms with Crippen molar-refractivity contribution in [3.63, 3.8) is 0 Å². The lowest BCUT2D eigenvalue weighted by atomic mass is 10.3. The molecule has 0 N–H and O–H groups in total. The Kier molecular flexibility index (Phi) is 5.60. The third-order valence-electron chi connectivity index (χ3n) is 3.77. The Balaban J connectivity index is 1.91. The molecule has 9 nitrogen and oxygen atoms in total. The zero-order valence-corrected chi connectivity index (χ0v) is 15.2. The van der Waals surface area contributed by atoms with Crippen LogP contribution in [0.4, 0.5) is 5.82 Å². The van der Waals surface area contributed by atoms with E-state index >= 15 is 0 Å². The van der Waals surface area contributed by atoms with Gasteiger partial charge in [0.05, 0.1) is 31.7 Å². The van der Waals surface area contributed by atoms with Crippen LogP contribution in [-0.2, 0) is 14.8 Å². The SMILES string of the molecule is CN(C)c1cncc(OC2CCN(C(=O)CN(C)S(C)(=O)=O)C2)n1. The normalized spacial score (nSPS) is 18.0. The van der Waals surface area contributed by atoms with E-state index in [2.05, 4.69) is 9.97 Å². The molecule has 0 radical (unpaired) electrons. The largest absolute Gasteiger partial charge is 0.471 e. The minimum Gasteiger partial charge on any atom is -0.471 e. The molecular weight excluding hydrogens is 334 g/mol. The van der Waals surface area contributed by atoms with Crippen LogP contribution in [0, 0.1) is 0 Å². The van der Waals surface area contributed by atoms with E-state index in [1.807, 2.05) is 19.0 Å². The number of ether oxygens (including phenoxy) is 1. The van der Waals surface area contributed by atoms with E-state index in [1.165, 1.54) is 13.2 Å². The number of hydrogen-bond acceptors (Lipinski definition) is 7. The topological polar surface area (TPSA) is 95.9 Å². The lowest BCUT2D eigenvalue weighted by Crippen LogP contribution is -2.40. The fraction of sp³-hybridized carbons (Fsp3) is 0.643. The summed E-state index contributed by atoms with van der Waals surface area (Å²) in [6.07, 6.45) is 4.74. The number of anilines is 1. The molecule has 0 aliphatic carbocycles. The van der Waals surface area contributed by atoms with Crippen molar-refractivity contribution >= 4 is 21.7 Å². The molecule has 1 atom stereocenters. The lowest BCUT2D eigenvalue weighted by Gasteiger charge is -2.20. The van der Waals surface area contributed by atoms with Crippen LogP contribution < -0.4 is 9.64 Å². The van der Waals surface area contributed by atoms with Gasteiger partial charge in [-0.05, 0) is 0 Å². The number of likely N-dealkylation sites (N-methyl/N-ethyl adjacent to an activating group) is 1. The summed E-state index contributed by atoms with van der Waals surface area (Å²) < 4.78 is 29.6. The molecule has 1 unspecified atom stereocenters. The number of sulfonamides is 1. The van der Waals surface area contributed by atoms with Crippen LogP contribution in [0.25, 0.3) is 0 Å². The molecule has 0 spiro atoms. The van der Waals surface area contributed by atoms with Crippen molar-refractivity contribution in [2.45, 2.75) is 12.5 Å². The van der Waals surface area contributed by atoms with Crippen molar-refractivity contribution in [3.05, 3.63) is 12.4 Å². The molecule has 0 saturated carbocycles. The number of carbonyl (C=O) groups excluding carboxylic acids is 1. The first kappa shape index (κ1) is 18.4. The van der Waals surface area contributed by atoms with Gasteiger partial charge in [0.1, 0.15) is 6.10 Å². The number of hydrogen-bond donors (Lipinski definition) is 0. The summed E-state index contributed by atoms with van der Waals surface area (Å²) >= 11 is 0. The first-order valence-electron chi connectivity index (χ1n) is 7.52. The molecule has 10 heteroatoms. The predicted octanol–water partition coefficient (Wildman–Crippen LogP) is -0.586. The molecule has 1 aromatic rings. The molecule has 2 rings (SSSR count). The Morgan fingerprint density at radius 2 is 2.08 bits per heavy atom. The van der Waals surface area contributed by atoms with E-state index in [1.54, 1.807) is 11.1 Å². The standard InChI is InChI=1S/C14H23N5O4S/c1-17(2)12-7-15-8-13(16-12)23-11-5-6-19(9-11)14(20)10-18(3)24(4,21)22/h7-8,11H,5-6,9-10H2,1-4H3. The Bertz CT molecular complexity index is 694. The van der Waals surface area contributed by atoms with Crippen LogP contribution in [0.2, 0.25) is 0 Å². The summed E-state index contributed by atoms with van der Waals surface area (Å²) in [5, 5.41) is 0. The van der Waals surface area contributed by atoms with Crippen molar-refractivity contribution in [2.24, 2.45) is 0 Å². The van der Waals surface area contributed by atoms with Gasteiger partial charge in [-0.3, -0.25) is 9.78 Å². The Morgan fingerprint density at radius 3 is 2.71 bits per heavy atom. The van der Waals surface area contributed by atoms with Gasteiger partial charge in [-0.25, -0.2) is 8.42 Å². The van der Waals surface area contributed by atoms with Gasteiger partial charge in [-0.2, -0.15) is 9.29 Å². The van der Waals surface area contributed by atoms with Gasteiger partial charge < -0.3 is 14.5 Å². The molecule has 1 aromatic heterocycles. The quantitative estimate of drug-likeness (QED) is 0.672. The highest BCUT2D eigenvalue weighted by Gasteiger charge is 2.29. The molecule has 134 valence electrons. The Morgan fingerprint density at radius 1 is 1.38 bits per heavy atom. The molecule has 1 aliphatic rings. The molecule has 0 bridgehead atoms. The minimum absolute atomic E-state index is 0.165. The van der Waals surface area contributed by atoms with Gasteiger partial charge in [0.2, 0.25) is 21.8 Å². The smallest absolute Gasteiger partial charge is 0.238 e. The number of carbonyl (C=O) groups is 1. The maximum Gasteiger partial charge on any atom is 0.238 e. The molecule has 1 fully saturated rings. The van der Waals surface area contributed by atoms with Crippen LogP contribution in [-0.4, -0.2) is 86.6 Å². The highest BCUT2D eigenvalue weighted by Crippen LogP contribution is 2.18. The van der Waals surface area contributed by atoms with Gasteiger partial charge in [0.25, 0.3) is 0 Å². The number of amides is 1. The second-order valence-electron chi connectivity index (χ2n) is 6.00. The van der Waals surface area contributed by atoms with E-state index in [-0.39, 0.29) is 18.6 Å². The first-order valence-corrected chi connectivity index (χ1v) is 9.36. The third-order valence-corrected chi connectivity index (χ3v) is 5.03. The fourth-order valence-corrected chi connectivity index (χ4v) is 2.58. The van der Waals surface area contributed by atoms with Crippen LogP contribution >= 0.6 is 0 Å². The number of nitrogens with zero attached hydrogens (tertiary/aromatic N) is 5. The van der Waals surface area contributed by atoms with E-state index in [4.69, 9.17) is 4.74 Å². The minimum atomic E-state index is -3.37. The molecular formula is C14H23N5O4S. The molecule has 2 heterocycles. The number of likely N-dealkylation sites (tertiary alicyclic amines) is 1. The molecule has 1 aliphatic heterocycles. The van der Waals surface area contributed by atoms with Crippen molar-refractivity contribution in [1.82, 2.24) is 19.2 Å². The van der Waals surface area contributed by atoms with Crippen LogP contribution in [0.1, 0.15) is 6.42 Å². The van der Waals surface area contributed by atoms with E-state index in [0.29, 0.717) is 31.2 Å². The van der Waals surface area contributed by atoms with Gasteiger partial charge in [-0.1, -0.05) is 0 Å². The maximum atomic E-state index is 12.2. The summed E-state index contributed by atoms with van der Waals surface area (Å²) in [5.41, 5.74) is 0. The summed E-state index contributed by atoms with van der Waals surface area (Å²) in [6, 6.07) is 0. The monoisotopic (exact) mass is 357 g/mol. The zero-order valence-electron chi connectivity index (χ0n) is 14.3. The van der Waals surface area contributed by atoms with Crippen molar-refractivity contribution in [3.8, 4) is 5.88 Å². The van der Waals surface area contributed by atoms with Gasteiger partial charge in [0.15, 0.2) is 5.82 Å². The number of aromatic nitrogens is 2. The Labute approximate surface area is 142 Å². The van der Waals surface area contributed by atoms with Crippen LogP contribution in [0.15, 0.2) is 12.4 Å². The van der Waals surface area contributed by atoms with Crippen molar-refractivity contribution in [1.29, 1.82) is 0 Å². The Hall–Kier alpha value is -1.94.